The fourth-order valence-electron chi connectivity index (χ4n) is 4.70. The van der Waals surface area contributed by atoms with Gasteiger partial charge in [0, 0.05) is 35.2 Å². The lowest BCUT2D eigenvalue weighted by Gasteiger charge is -2.35. The lowest BCUT2D eigenvalue weighted by molar-refractivity contribution is -0.133. The number of aryl methyl sites for hydroxylation is 2. The van der Waals surface area contributed by atoms with Gasteiger partial charge in [0.05, 0.1) is 6.42 Å². The van der Waals surface area contributed by atoms with E-state index in [1.54, 1.807) is 0 Å². The molecule has 0 saturated carbocycles. The number of nitrogens with zero attached hydrogens (tertiary/aromatic N) is 1. The van der Waals surface area contributed by atoms with E-state index >= 15 is 0 Å². The Kier molecular flexibility index (Phi) is 4.55. The van der Waals surface area contributed by atoms with Crippen molar-refractivity contribution in [2.75, 3.05) is 13.1 Å². The first-order valence-corrected chi connectivity index (χ1v) is 9.74. The molecule has 0 radical (unpaired) electrons. The van der Waals surface area contributed by atoms with Crippen LogP contribution in [0.1, 0.15) is 48.9 Å². The highest BCUT2D eigenvalue weighted by atomic mass is 16.2. The van der Waals surface area contributed by atoms with Crippen LogP contribution in [0.25, 0.3) is 10.9 Å². The number of carbonyl (C=O) groups excluding carboxylic acids is 1. The molecular formula is C21H29N3O. The summed E-state index contributed by atoms with van der Waals surface area (Å²) in [5.74, 6) is 0.297. The van der Waals surface area contributed by atoms with Gasteiger partial charge in [0.25, 0.3) is 0 Å². The molecule has 1 aromatic heterocycles. The quantitative estimate of drug-likeness (QED) is 0.880. The number of rotatable bonds is 2. The Morgan fingerprint density at radius 2 is 2.08 bits per heavy atom. The second-order valence-electron chi connectivity index (χ2n) is 7.81. The normalized spacial score (nSPS) is 24.2. The molecule has 2 N–H and O–H groups in total. The first-order valence-electron chi connectivity index (χ1n) is 9.74. The van der Waals surface area contributed by atoms with E-state index < -0.39 is 0 Å². The van der Waals surface area contributed by atoms with Gasteiger partial charge in [-0.1, -0.05) is 24.5 Å². The molecule has 0 unspecified atom stereocenters. The number of nitrogens with one attached hydrogen (secondary N) is 2. The third-order valence-electron chi connectivity index (χ3n) is 6.05. The summed E-state index contributed by atoms with van der Waals surface area (Å²) in [6, 6.07) is 7.33. The number of likely N-dealkylation sites (tertiary alicyclic amines) is 1. The van der Waals surface area contributed by atoms with Crippen LogP contribution >= 0.6 is 0 Å². The number of aromatic nitrogens is 1. The average molecular weight is 339 g/mol. The number of carbonyl (C=O) groups is 1. The second kappa shape index (κ2) is 6.83. The van der Waals surface area contributed by atoms with Crippen LogP contribution in [0.3, 0.4) is 0 Å². The molecule has 2 aliphatic heterocycles. The van der Waals surface area contributed by atoms with Gasteiger partial charge in [0.2, 0.25) is 5.91 Å². The van der Waals surface area contributed by atoms with Crippen molar-refractivity contribution in [3.05, 3.63) is 35.0 Å². The van der Waals surface area contributed by atoms with Crippen LogP contribution in [0.4, 0.5) is 0 Å². The highest BCUT2D eigenvalue weighted by Gasteiger charge is 2.35. The van der Waals surface area contributed by atoms with Crippen LogP contribution in [0, 0.1) is 13.8 Å². The molecule has 0 bridgehead atoms. The second-order valence-corrected chi connectivity index (χ2v) is 7.81. The molecule has 1 aromatic carbocycles. The van der Waals surface area contributed by atoms with Crippen molar-refractivity contribution in [2.24, 2.45) is 0 Å². The van der Waals surface area contributed by atoms with Crippen molar-refractivity contribution in [3.8, 4) is 0 Å². The average Bonchev–Trinajstić information content (AvgIpc) is 3.13. The SMILES string of the molecule is Cc1ccc2[nH]c(C)c(CC(=O)N3CCCCC[C@H]4NCC[C@@H]43)c2c1. The topological polar surface area (TPSA) is 48.1 Å². The van der Waals surface area contributed by atoms with E-state index in [0.717, 1.165) is 37.1 Å². The number of H-pyrrole nitrogens is 1. The van der Waals surface area contributed by atoms with E-state index in [1.807, 2.05) is 0 Å². The fourth-order valence-corrected chi connectivity index (χ4v) is 4.70. The van der Waals surface area contributed by atoms with Crippen LogP contribution in [-0.2, 0) is 11.2 Å². The van der Waals surface area contributed by atoms with Crippen LogP contribution in [0.2, 0.25) is 0 Å². The summed E-state index contributed by atoms with van der Waals surface area (Å²) in [6.07, 6.45) is 6.48. The van der Waals surface area contributed by atoms with Gasteiger partial charge in [0.1, 0.15) is 0 Å². The van der Waals surface area contributed by atoms with Crippen LogP contribution in [0.15, 0.2) is 18.2 Å². The zero-order chi connectivity index (χ0) is 17.4. The van der Waals surface area contributed by atoms with E-state index in [4.69, 9.17) is 0 Å². The van der Waals surface area contributed by atoms with Gasteiger partial charge in [-0.3, -0.25) is 4.79 Å². The number of hydrogen-bond acceptors (Lipinski definition) is 2. The molecule has 4 nitrogen and oxygen atoms in total. The van der Waals surface area contributed by atoms with Gasteiger partial charge in [-0.2, -0.15) is 0 Å². The third-order valence-corrected chi connectivity index (χ3v) is 6.05. The van der Waals surface area contributed by atoms with Gasteiger partial charge in [-0.15, -0.1) is 0 Å². The zero-order valence-electron chi connectivity index (χ0n) is 15.4. The van der Waals surface area contributed by atoms with Gasteiger partial charge in [-0.05, 0) is 57.4 Å². The summed E-state index contributed by atoms with van der Waals surface area (Å²) in [7, 11) is 0. The minimum Gasteiger partial charge on any atom is -0.358 e. The number of fused-ring (bicyclic) bond motifs is 2. The van der Waals surface area contributed by atoms with Crippen molar-refractivity contribution < 1.29 is 4.79 Å². The molecule has 0 spiro atoms. The summed E-state index contributed by atoms with van der Waals surface area (Å²) < 4.78 is 0. The lowest BCUT2D eigenvalue weighted by Crippen LogP contribution is -2.48. The summed E-state index contributed by atoms with van der Waals surface area (Å²) >= 11 is 0. The van der Waals surface area contributed by atoms with E-state index in [0.29, 0.717) is 24.4 Å². The summed E-state index contributed by atoms with van der Waals surface area (Å²) in [4.78, 5) is 18.9. The standard InChI is InChI=1S/C21H29N3O/c1-14-7-8-18-17(12-14)16(15(2)23-18)13-21(25)24-11-5-3-4-6-19-20(24)9-10-22-19/h7-8,12,19-20,22-23H,3-6,9-11,13H2,1-2H3/t19-,20+/m1/s1. The van der Waals surface area contributed by atoms with Crippen molar-refractivity contribution in [2.45, 2.75) is 64.5 Å². The molecule has 2 atom stereocenters. The number of amides is 1. The summed E-state index contributed by atoms with van der Waals surface area (Å²) in [5.41, 5.74) is 4.68. The number of aromatic amines is 1. The first-order chi connectivity index (χ1) is 12.1. The molecule has 4 heteroatoms. The highest BCUT2D eigenvalue weighted by Crippen LogP contribution is 2.27. The molecule has 0 aliphatic carbocycles. The maximum Gasteiger partial charge on any atom is 0.227 e. The predicted molar refractivity (Wildman–Crippen MR) is 102 cm³/mol. The Morgan fingerprint density at radius 1 is 1.20 bits per heavy atom. The van der Waals surface area contributed by atoms with E-state index in [2.05, 4.69) is 47.2 Å². The minimum absolute atomic E-state index is 0.297. The largest absolute Gasteiger partial charge is 0.358 e. The van der Waals surface area contributed by atoms with Gasteiger partial charge in [0.15, 0.2) is 0 Å². The monoisotopic (exact) mass is 339 g/mol. The smallest absolute Gasteiger partial charge is 0.227 e. The molecule has 3 heterocycles. The Labute approximate surface area is 150 Å². The maximum atomic E-state index is 13.2. The molecule has 2 aliphatic rings. The molecule has 2 saturated heterocycles. The van der Waals surface area contributed by atoms with Crippen molar-refractivity contribution in [1.29, 1.82) is 0 Å². The van der Waals surface area contributed by atoms with E-state index in [1.165, 1.54) is 35.8 Å². The fraction of sp³-hybridized carbons (Fsp3) is 0.571. The molecule has 134 valence electrons. The van der Waals surface area contributed by atoms with Crippen LogP contribution in [0.5, 0.6) is 0 Å². The zero-order valence-corrected chi connectivity index (χ0v) is 15.4. The lowest BCUT2D eigenvalue weighted by atomic mass is 9.96. The molecule has 2 aromatic rings. The Hall–Kier alpha value is -1.81. The first kappa shape index (κ1) is 16.6. The van der Waals surface area contributed by atoms with Gasteiger partial charge in [-0.25, -0.2) is 0 Å². The van der Waals surface area contributed by atoms with E-state index in [9.17, 15) is 4.79 Å². The van der Waals surface area contributed by atoms with Gasteiger partial charge < -0.3 is 15.2 Å². The molecule has 1 amide bonds. The minimum atomic E-state index is 0.297. The number of hydrogen-bond donors (Lipinski definition) is 2. The summed E-state index contributed by atoms with van der Waals surface area (Å²) in [6.45, 7) is 6.17. The Morgan fingerprint density at radius 3 is 2.96 bits per heavy atom. The summed E-state index contributed by atoms with van der Waals surface area (Å²) in [5, 5.41) is 4.83. The van der Waals surface area contributed by atoms with Crippen molar-refractivity contribution in [3.63, 3.8) is 0 Å². The number of benzene rings is 1. The van der Waals surface area contributed by atoms with Crippen LogP contribution < -0.4 is 5.32 Å². The van der Waals surface area contributed by atoms with E-state index in [-0.39, 0.29) is 0 Å². The Bertz CT molecular complexity index is 779. The van der Waals surface area contributed by atoms with Gasteiger partial charge >= 0.3 is 0 Å². The molecule has 25 heavy (non-hydrogen) atoms. The maximum absolute atomic E-state index is 13.2. The highest BCUT2D eigenvalue weighted by molar-refractivity contribution is 5.90. The van der Waals surface area contributed by atoms with Crippen molar-refractivity contribution >= 4 is 16.8 Å². The van der Waals surface area contributed by atoms with Crippen molar-refractivity contribution in [1.82, 2.24) is 15.2 Å². The molecule has 4 rings (SSSR count). The van der Waals surface area contributed by atoms with Crippen LogP contribution in [-0.4, -0.2) is 41.0 Å². The third kappa shape index (κ3) is 3.20. The molecule has 2 fully saturated rings. The Balaban J connectivity index is 1.60. The molecular weight excluding hydrogens is 310 g/mol. The predicted octanol–water partition coefficient (Wildman–Crippen LogP) is 3.46.